The Kier molecular flexibility index (Phi) is 4.74. The van der Waals surface area contributed by atoms with E-state index in [2.05, 4.69) is 10.1 Å². The van der Waals surface area contributed by atoms with Crippen LogP contribution in [0.4, 0.5) is 13.2 Å². The fourth-order valence-corrected chi connectivity index (χ4v) is 4.23. The van der Waals surface area contributed by atoms with Gasteiger partial charge < -0.3 is 14.3 Å². The molecule has 29 heavy (non-hydrogen) atoms. The van der Waals surface area contributed by atoms with Crippen molar-refractivity contribution in [3.63, 3.8) is 0 Å². The van der Waals surface area contributed by atoms with Crippen molar-refractivity contribution in [1.82, 2.24) is 19.9 Å². The summed E-state index contributed by atoms with van der Waals surface area (Å²) in [6, 6.07) is 1.08. The number of fused-ring (bicyclic) bond motifs is 1. The molecule has 2 fully saturated rings. The van der Waals surface area contributed by atoms with Gasteiger partial charge in [0.25, 0.3) is 5.71 Å². The van der Waals surface area contributed by atoms with Crippen LogP contribution in [0.15, 0.2) is 10.6 Å². The molecule has 0 N–H and O–H groups in total. The molecular weight excluding hydrogens is 389 g/mol. The highest BCUT2D eigenvalue weighted by molar-refractivity contribution is 5.89. The Morgan fingerprint density at radius 2 is 1.97 bits per heavy atom. The quantitative estimate of drug-likeness (QED) is 0.761. The molecule has 2 saturated heterocycles. The molecule has 2 aromatic rings. The fourth-order valence-electron chi connectivity index (χ4n) is 4.23. The molecule has 4 heterocycles. The lowest BCUT2D eigenvalue weighted by atomic mass is 9.91. The lowest BCUT2D eigenvalue weighted by Crippen LogP contribution is -2.42. The maximum Gasteiger partial charge on any atom is 0.417 e. The highest BCUT2D eigenvalue weighted by Gasteiger charge is 2.38. The van der Waals surface area contributed by atoms with Crippen LogP contribution in [-0.4, -0.2) is 58.4 Å². The average Bonchev–Trinajstić information content (AvgIpc) is 3.22. The number of likely N-dealkylation sites (tertiary alicyclic amines) is 2. The van der Waals surface area contributed by atoms with Gasteiger partial charge in [0.2, 0.25) is 11.8 Å². The first kappa shape index (κ1) is 19.7. The highest BCUT2D eigenvalue weighted by atomic mass is 19.4. The predicted octanol–water partition coefficient (Wildman–Crippen LogP) is 2.73. The summed E-state index contributed by atoms with van der Waals surface area (Å²) in [6.45, 7) is 2.72. The van der Waals surface area contributed by atoms with Crippen molar-refractivity contribution >= 4 is 22.9 Å². The molecule has 4 rings (SSSR count). The number of alkyl halides is 3. The van der Waals surface area contributed by atoms with E-state index in [-0.39, 0.29) is 46.9 Å². The number of halogens is 3. The molecule has 0 radical (unpaired) electrons. The molecule has 10 heteroatoms. The van der Waals surface area contributed by atoms with E-state index in [9.17, 15) is 22.8 Å². The maximum absolute atomic E-state index is 13.5. The van der Waals surface area contributed by atoms with E-state index < -0.39 is 11.7 Å². The van der Waals surface area contributed by atoms with Gasteiger partial charge in [-0.15, -0.1) is 0 Å². The smallest absolute Gasteiger partial charge is 0.345 e. The second-order valence-electron chi connectivity index (χ2n) is 7.82. The van der Waals surface area contributed by atoms with Gasteiger partial charge in [-0.25, -0.2) is 4.98 Å². The number of rotatable bonds is 2. The van der Waals surface area contributed by atoms with Crippen LogP contribution in [-0.2, 0) is 15.8 Å². The molecule has 7 nitrogen and oxygen atoms in total. The number of piperidine rings is 1. The second kappa shape index (κ2) is 7.00. The Morgan fingerprint density at radius 3 is 2.55 bits per heavy atom. The molecule has 0 unspecified atom stereocenters. The summed E-state index contributed by atoms with van der Waals surface area (Å²) in [5.41, 5.74) is -0.438. The molecule has 1 atom stereocenters. The number of carbonyl (C=O) groups is 2. The van der Waals surface area contributed by atoms with Crippen LogP contribution in [0.25, 0.3) is 11.1 Å². The van der Waals surface area contributed by atoms with Crippen LogP contribution in [0, 0.1) is 12.8 Å². The van der Waals surface area contributed by atoms with E-state index in [1.165, 1.54) is 6.92 Å². The van der Waals surface area contributed by atoms with Crippen molar-refractivity contribution in [2.45, 2.75) is 38.3 Å². The summed E-state index contributed by atoms with van der Waals surface area (Å²) in [4.78, 5) is 31.9. The van der Waals surface area contributed by atoms with E-state index in [0.717, 1.165) is 6.07 Å². The third kappa shape index (κ3) is 3.56. The monoisotopic (exact) mass is 410 g/mol. The number of aromatic nitrogens is 2. The van der Waals surface area contributed by atoms with E-state index in [1.54, 1.807) is 16.8 Å². The fraction of sp³-hybridized carbons (Fsp3) is 0.579. The topological polar surface area (TPSA) is 79.5 Å². The van der Waals surface area contributed by atoms with Gasteiger partial charge in [0, 0.05) is 44.7 Å². The third-order valence-electron chi connectivity index (χ3n) is 5.86. The molecule has 2 aliphatic rings. The van der Waals surface area contributed by atoms with Crippen LogP contribution in [0.3, 0.4) is 0 Å². The van der Waals surface area contributed by atoms with Crippen LogP contribution < -0.4 is 0 Å². The Balaban J connectivity index is 1.51. The van der Waals surface area contributed by atoms with Gasteiger partial charge in [-0.3, -0.25) is 9.59 Å². The molecule has 2 aromatic heterocycles. The summed E-state index contributed by atoms with van der Waals surface area (Å²) in [7, 11) is 1.67. The molecule has 2 amide bonds. The van der Waals surface area contributed by atoms with Gasteiger partial charge in [-0.2, -0.15) is 13.2 Å². The average molecular weight is 410 g/mol. The van der Waals surface area contributed by atoms with Gasteiger partial charge in [0.15, 0.2) is 0 Å². The first-order valence-electron chi connectivity index (χ1n) is 9.52. The zero-order valence-corrected chi connectivity index (χ0v) is 16.1. The van der Waals surface area contributed by atoms with E-state index in [4.69, 9.17) is 4.52 Å². The van der Waals surface area contributed by atoms with Crippen molar-refractivity contribution in [3.8, 4) is 0 Å². The number of pyridine rings is 1. The normalized spacial score (nSPS) is 21.4. The molecule has 0 aromatic carbocycles. The minimum atomic E-state index is -4.54. The molecule has 156 valence electrons. The number of carbonyl (C=O) groups excluding carboxylic acids is 2. The van der Waals surface area contributed by atoms with E-state index in [0.29, 0.717) is 38.2 Å². The van der Waals surface area contributed by atoms with Crippen molar-refractivity contribution in [2.24, 2.45) is 5.92 Å². The molecule has 0 aliphatic carbocycles. The number of hydrogen-bond donors (Lipinski definition) is 0. The minimum absolute atomic E-state index is 0.0437. The molecule has 2 aliphatic heterocycles. The van der Waals surface area contributed by atoms with Crippen molar-refractivity contribution in [3.05, 3.63) is 23.0 Å². The van der Waals surface area contributed by atoms with E-state index >= 15 is 0 Å². The van der Waals surface area contributed by atoms with Crippen molar-refractivity contribution < 1.29 is 27.3 Å². The number of hydrogen-bond acceptors (Lipinski definition) is 5. The lowest BCUT2D eigenvalue weighted by Gasteiger charge is -2.33. The zero-order valence-electron chi connectivity index (χ0n) is 16.1. The Labute approximate surface area is 164 Å². The molecule has 0 bridgehead atoms. The molecular formula is C19H21F3N4O3. The highest BCUT2D eigenvalue weighted by Crippen LogP contribution is 2.39. The van der Waals surface area contributed by atoms with Crippen LogP contribution in [0.1, 0.15) is 42.1 Å². The first-order valence-corrected chi connectivity index (χ1v) is 9.52. The lowest BCUT2D eigenvalue weighted by molar-refractivity contribution is -0.137. The van der Waals surface area contributed by atoms with E-state index in [1.807, 2.05) is 0 Å². The zero-order chi connectivity index (χ0) is 20.9. The van der Waals surface area contributed by atoms with Gasteiger partial charge in [0.1, 0.15) is 0 Å². The third-order valence-corrected chi connectivity index (χ3v) is 5.86. The Morgan fingerprint density at radius 1 is 1.28 bits per heavy atom. The standard InChI is InChI=1S/C19H21F3N4O3/c1-10-16-13(19(20,21)22)8-14(23-17(16)29-24-10)11-3-5-26(6-4-11)18(28)12-7-15(27)25(2)9-12/h8,11-12H,3-7,9H2,1-2H3/t12-/m1/s1. The largest absolute Gasteiger partial charge is 0.417 e. The summed E-state index contributed by atoms with van der Waals surface area (Å²) >= 11 is 0. The molecule has 0 spiro atoms. The van der Waals surface area contributed by atoms with Gasteiger partial charge in [-0.05, 0) is 25.8 Å². The first-order chi connectivity index (χ1) is 13.6. The second-order valence-corrected chi connectivity index (χ2v) is 7.82. The van der Waals surface area contributed by atoms with Gasteiger partial charge >= 0.3 is 6.18 Å². The van der Waals surface area contributed by atoms with Crippen molar-refractivity contribution in [2.75, 3.05) is 26.7 Å². The predicted molar refractivity (Wildman–Crippen MR) is 95.8 cm³/mol. The number of aryl methyl sites for hydroxylation is 1. The number of nitrogens with zero attached hydrogens (tertiary/aromatic N) is 4. The van der Waals surface area contributed by atoms with Gasteiger partial charge in [0.05, 0.1) is 22.6 Å². The van der Waals surface area contributed by atoms with Crippen LogP contribution in [0.5, 0.6) is 0 Å². The van der Waals surface area contributed by atoms with Crippen LogP contribution >= 0.6 is 0 Å². The number of amides is 2. The van der Waals surface area contributed by atoms with Gasteiger partial charge in [-0.1, -0.05) is 5.16 Å². The Hall–Kier alpha value is -2.65. The maximum atomic E-state index is 13.5. The minimum Gasteiger partial charge on any atom is -0.345 e. The summed E-state index contributed by atoms with van der Waals surface area (Å²) in [5, 5.41) is 3.52. The summed E-state index contributed by atoms with van der Waals surface area (Å²) in [6.07, 6.45) is -3.31. The summed E-state index contributed by atoms with van der Waals surface area (Å²) in [5.74, 6) is -0.653. The van der Waals surface area contributed by atoms with Crippen LogP contribution in [0.2, 0.25) is 0 Å². The molecule has 0 saturated carbocycles. The SMILES string of the molecule is Cc1noc2nc(C3CCN(C(=O)[C@@H]4CC(=O)N(C)C4)CC3)cc(C(F)(F)F)c12. The van der Waals surface area contributed by atoms with Crippen molar-refractivity contribution in [1.29, 1.82) is 0 Å². The Bertz CT molecular complexity index is 963. The summed E-state index contributed by atoms with van der Waals surface area (Å²) < 4.78 is 45.6.